The van der Waals surface area contributed by atoms with E-state index in [0.717, 1.165) is 23.1 Å². The summed E-state index contributed by atoms with van der Waals surface area (Å²) >= 11 is 0. The van der Waals surface area contributed by atoms with Crippen LogP contribution in [-0.2, 0) is 0 Å². The van der Waals surface area contributed by atoms with Gasteiger partial charge < -0.3 is 0 Å². The highest BCUT2D eigenvalue weighted by molar-refractivity contribution is 5.41. The van der Waals surface area contributed by atoms with Gasteiger partial charge in [-0.2, -0.15) is 13.2 Å². The molecule has 0 fully saturated rings. The van der Waals surface area contributed by atoms with Crippen molar-refractivity contribution in [2.24, 2.45) is 0 Å². The second kappa shape index (κ2) is 5.70. The van der Waals surface area contributed by atoms with Gasteiger partial charge >= 0.3 is 6.18 Å². The molecule has 0 N–H and O–H groups in total. The number of hydrogen-bond donors (Lipinski definition) is 0. The molecule has 0 bridgehead atoms. The normalized spacial score (nSPS) is 17.8. The quantitative estimate of drug-likeness (QED) is 0.627. The zero-order valence-corrected chi connectivity index (χ0v) is 12.9. The molecule has 0 nitrogen and oxygen atoms in total. The van der Waals surface area contributed by atoms with Crippen LogP contribution in [0.3, 0.4) is 0 Å². The molecule has 0 aromatic heterocycles. The molecule has 0 saturated carbocycles. The Bertz CT molecular complexity index is 603. The molecule has 3 heteroatoms. The second-order valence-corrected chi connectivity index (χ2v) is 6.00. The van der Waals surface area contributed by atoms with Crippen LogP contribution >= 0.6 is 0 Å². The molecule has 0 spiro atoms. The van der Waals surface area contributed by atoms with Crippen molar-refractivity contribution in [2.45, 2.75) is 52.6 Å². The van der Waals surface area contributed by atoms with Crippen LogP contribution in [0.5, 0.6) is 0 Å². The van der Waals surface area contributed by atoms with Crippen molar-refractivity contribution >= 4 is 0 Å². The van der Waals surface area contributed by atoms with Gasteiger partial charge in [-0.15, -0.1) is 0 Å². The maximum Gasteiger partial charge on any atom is 0.399 e. The van der Waals surface area contributed by atoms with Crippen LogP contribution in [0, 0.1) is 13.8 Å². The lowest BCUT2D eigenvalue weighted by Gasteiger charge is -2.27. The van der Waals surface area contributed by atoms with Gasteiger partial charge in [0.25, 0.3) is 0 Å². The Hall–Kier alpha value is -1.51. The first-order valence-corrected chi connectivity index (χ1v) is 7.21. The summed E-state index contributed by atoms with van der Waals surface area (Å²) in [6.45, 7) is 7.65. The first-order valence-electron chi connectivity index (χ1n) is 7.21. The molecular weight excluding hydrogens is 273 g/mol. The third-order valence-corrected chi connectivity index (χ3v) is 4.43. The topological polar surface area (TPSA) is 0 Å². The molecule has 21 heavy (non-hydrogen) atoms. The zero-order valence-electron chi connectivity index (χ0n) is 12.9. The minimum atomic E-state index is -4.25. The maximum atomic E-state index is 13.6. The van der Waals surface area contributed by atoms with Crippen molar-refractivity contribution in [3.63, 3.8) is 0 Å². The SMILES string of the molecule is CC1=C(C)CCC(C(c2ccc(C)c(C)c2)C(F)(F)F)=C1. The average molecular weight is 294 g/mol. The lowest BCUT2D eigenvalue weighted by Crippen LogP contribution is -2.24. The lowest BCUT2D eigenvalue weighted by atomic mass is 9.82. The van der Waals surface area contributed by atoms with Gasteiger partial charge in [0.2, 0.25) is 0 Å². The number of hydrogen-bond acceptors (Lipinski definition) is 0. The summed E-state index contributed by atoms with van der Waals surface area (Å²) in [4.78, 5) is 0. The maximum absolute atomic E-state index is 13.6. The molecule has 114 valence electrons. The summed E-state index contributed by atoms with van der Waals surface area (Å²) in [5, 5.41) is 0. The fourth-order valence-corrected chi connectivity index (χ4v) is 2.79. The van der Waals surface area contributed by atoms with Gasteiger partial charge in [-0.1, -0.05) is 41.0 Å². The molecule has 2 rings (SSSR count). The third-order valence-electron chi connectivity index (χ3n) is 4.43. The number of aryl methyl sites for hydroxylation is 2. The first-order chi connectivity index (χ1) is 9.70. The fraction of sp³-hybridized carbons (Fsp3) is 0.444. The highest BCUT2D eigenvalue weighted by Gasteiger charge is 2.43. The minimum Gasteiger partial charge on any atom is -0.170 e. The summed E-state index contributed by atoms with van der Waals surface area (Å²) in [6.07, 6.45) is -1.32. The molecule has 0 radical (unpaired) electrons. The fourth-order valence-electron chi connectivity index (χ4n) is 2.79. The lowest BCUT2D eigenvalue weighted by molar-refractivity contribution is -0.142. The molecule has 0 aliphatic heterocycles. The third kappa shape index (κ3) is 3.39. The number of benzene rings is 1. The van der Waals surface area contributed by atoms with Gasteiger partial charge in [-0.05, 0) is 57.2 Å². The van der Waals surface area contributed by atoms with Crippen LogP contribution in [0.15, 0.2) is 41.0 Å². The molecule has 1 unspecified atom stereocenters. The van der Waals surface area contributed by atoms with E-state index in [9.17, 15) is 13.2 Å². The predicted octanol–water partition coefficient (Wildman–Crippen LogP) is 6.01. The van der Waals surface area contributed by atoms with E-state index in [4.69, 9.17) is 0 Å². The zero-order chi connectivity index (χ0) is 15.8. The Morgan fingerprint density at radius 1 is 0.952 bits per heavy atom. The monoisotopic (exact) mass is 294 g/mol. The van der Waals surface area contributed by atoms with E-state index in [0.29, 0.717) is 17.6 Å². The van der Waals surface area contributed by atoms with Crippen molar-refractivity contribution < 1.29 is 13.2 Å². The molecular formula is C18H21F3. The molecule has 1 aliphatic rings. The van der Waals surface area contributed by atoms with Gasteiger partial charge in [-0.3, -0.25) is 0 Å². The Morgan fingerprint density at radius 2 is 1.62 bits per heavy atom. The highest BCUT2D eigenvalue weighted by Crippen LogP contribution is 2.44. The van der Waals surface area contributed by atoms with Crippen LogP contribution < -0.4 is 0 Å². The van der Waals surface area contributed by atoms with Gasteiger partial charge in [0, 0.05) is 0 Å². The second-order valence-electron chi connectivity index (χ2n) is 6.00. The molecule has 0 heterocycles. The van der Waals surface area contributed by atoms with Crippen LogP contribution in [0.4, 0.5) is 13.2 Å². The summed E-state index contributed by atoms with van der Waals surface area (Å²) in [5.74, 6) is -1.49. The van der Waals surface area contributed by atoms with Crippen LogP contribution in [0.25, 0.3) is 0 Å². The smallest absolute Gasteiger partial charge is 0.170 e. The average Bonchev–Trinajstić information content (AvgIpc) is 2.37. The summed E-state index contributed by atoms with van der Waals surface area (Å²) in [6, 6.07) is 5.07. The number of halogens is 3. The van der Waals surface area contributed by atoms with Crippen LogP contribution in [-0.4, -0.2) is 6.18 Å². The molecule has 0 amide bonds. The molecule has 1 aliphatic carbocycles. The molecule has 1 aromatic carbocycles. The molecule has 0 saturated heterocycles. The Kier molecular flexibility index (Phi) is 4.31. The van der Waals surface area contributed by atoms with Crippen LogP contribution in [0.1, 0.15) is 49.3 Å². The standard InChI is InChI=1S/C18H21F3/c1-11-5-7-15(9-13(11)3)17(18(19,20)21)16-8-6-12(2)14(4)10-16/h5,7,9-10,17H,6,8H2,1-4H3. The van der Waals surface area contributed by atoms with Gasteiger partial charge in [0.1, 0.15) is 5.92 Å². The summed E-state index contributed by atoms with van der Waals surface area (Å²) < 4.78 is 40.8. The van der Waals surface area contributed by atoms with Gasteiger partial charge in [0.15, 0.2) is 0 Å². The van der Waals surface area contributed by atoms with Crippen LogP contribution in [0.2, 0.25) is 0 Å². The minimum absolute atomic E-state index is 0.351. The van der Waals surface area contributed by atoms with Crippen molar-refractivity contribution in [1.82, 2.24) is 0 Å². The van der Waals surface area contributed by atoms with Gasteiger partial charge in [0.05, 0.1) is 0 Å². The van der Waals surface area contributed by atoms with E-state index in [1.54, 1.807) is 24.3 Å². The largest absolute Gasteiger partial charge is 0.399 e. The first kappa shape index (κ1) is 15.9. The van der Waals surface area contributed by atoms with Crippen molar-refractivity contribution in [3.8, 4) is 0 Å². The Balaban J connectivity index is 2.50. The predicted molar refractivity (Wildman–Crippen MR) is 80.4 cm³/mol. The number of allylic oxidation sites excluding steroid dienone is 4. The van der Waals surface area contributed by atoms with Gasteiger partial charge in [-0.25, -0.2) is 0 Å². The number of alkyl halides is 3. The summed E-state index contributed by atoms with van der Waals surface area (Å²) in [5.41, 5.74) is 4.90. The van der Waals surface area contributed by atoms with Crippen molar-refractivity contribution in [2.75, 3.05) is 0 Å². The summed E-state index contributed by atoms with van der Waals surface area (Å²) in [7, 11) is 0. The van der Waals surface area contributed by atoms with Crippen molar-refractivity contribution in [1.29, 1.82) is 0 Å². The van der Waals surface area contributed by atoms with E-state index in [-0.39, 0.29) is 0 Å². The highest BCUT2D eigenvalue weighted by atomic mass is 19.4. The Labute approximate surface area is 124 Å². The van der Waals surface area contributed by atoms with E-state index in [1.807, 2.05) is 27.7 Å². The molecule has 1 atom stereocenters. The van der Waals surface area contributed by atoms with E-state index in [1.165, 1.54) is 5.57 Å². The van der Waals surface area contributed by atoms with E-state index >= 15 is 0 Å². The Morgan fingerprint density at radius 3 is 2.14 bits per heavy atom. The molecule has 1 aromatic rings. The van der Waals surface area contributed by atoms with E-state index in [2.05, 4.69) is 0 Å². The number of rotatable bonds is 2. The van der Waals surface area contributed by atoms with Crippen molar-refractivity contribution in [3.05, 3.63) is 57.7 Å². The van der Waals surface area contributed by atoms with E-state index < -0.39 is 12.1 Å².